The molecule has 4 nitrogen and oxygen atoms in total. The third-order valence-electron chi connectivity index (χ3n) is 0.406. The third-order valence-corrected chi connectivity index (χ3v) is 0.406. The lowest BCUT2D eigenvalue weighted by Gasteiger charge is -1.86. The molecule has 0 saturated heterocycles. The molecule has 38 valence electrons. The molecule has 0 aliphatic rings. The van der Waals surface area contributed by atoms with Gasteiger partial charge < -0.3 is 10.6 Å². The van der Waals surface area contributed by atoms with E-state index in [0.717, 1.165) is 0 Å². The Labute approximate surface area is 41.2 Å². The molecule has 0 bridgehead atoms. The third kappa shape index (κ3) is 1.60. The zero-order chi connectivity index (χ0) is 5.70. The standard InChI is InChI=1S/C3H5N3O/c1-7-3(2-4)6-5/h5H2,1H3. The number of nitrogens with zero attached hydrogens (tertiary/aromatic N) is 2. The summed E-state index contributed by atoms with van der Waals surface area (Å²) in [6.07, 6.45) is 0. The average Bonchev–Trinajstić information content (AvgIpc) is 1.72. The van der Waals surface area contributed by atoms with E-state index >= 15 is 0 Å². The lowest BCUT2D eigenvalue weighted by Crippen LogP contribution is -1.99. The number of nitriles is 1. The molecule has 0 fully saturated rings. The molecule has 0 aromatic carbocycles. The van der Waals surface area contributed by atoms with Gasteiger partial charge in [0.2, 0.25) is 0 Å². The number of methoxy groups -OCH3 is 1. The zero-order valence-electron chi connectivity index (χ0n) is 3.88. The lowest BCUT2D eigenvalue weighted by atomic mass is 10.8. The molecule has 4 heteroatoms. The highest BCUT2D eigenvalue weighted by Crippen LogP contribution is 1.68. The second kappa shape index (κ2) is 2.97. The molecule has 0 spiro atoms. The molecule has 0 aromatic rings. The van der Waals surface area contributed by atoms with Gasteiger partial charge in [-0.3, -0.25) is 0 Å². The second-order valence-corrected chi connectivity index (χ2v) is 0.750. The van der Waals surface area contributed by atoms with Crippen LogP contribution >= 0.6 is 0 Å². The fourth-order valence-electron chi connectivity index (χ4n) is 0.127. The number of rotatable bonds is 0. The Morgan fingerprint density at radius 1 is 2.00 bits per heavy atom. The van der Waals surface area contributed by atoms with Gasteiger partial charge in [-0.25, -0.2) is 0 Å². The van der Waals surface area contributed by atoms with Crippen molar-refractivity contribution in [3.05, 3.63) is 0 Å². The maximum absolute atomic E-state index is 7.94. The molecule has 7 heavy (non-hydrogen) atoms. The Morgan fingerprint density at radius 2 is 2.57 bits per heavy atom. The van der Waals surface area contributed by atoms with Gasteiger partial charge in [0, 0.05) is 0 Å². The summed E-state index contributed by atoms with van der Waals surface area (Å²) in [7, 11) is 1.33. The Morgan fingerprint density at radius 3 is 2.57 bits per heavy atom. The lowest BCUT2D eigenvalue weighted by molar-refractivity contribution is 0.406. The van der Waals surface area contributed by atoms with E-state index < -0.39 is 0 Å². The predicted octanol–water partition coefficient (Wildman–Crippen LogP) is -0.571. The van der Waals surface area contributed by atoms with Crippen LogP contribution in [0.2, 0.25) is 0 Å². The topological polar surface area (TPSA) is 71.4 Å². The van der Waals surface area contributed by atoms with Crippen LogP contribution in [0.25, 0.3) is 0 Å². The molecule has 0 aromatic heterocycles. The molecule has 0 aliphatic heterocycles. The van der Waals surface area contributed by atoms with Gasteiger partial charge in [0.25, 0.3) is 0 Å². The van der Waals surface area contributed by atoms with Crippen LogP contribution in [0.1, 0.15) is 0 Å². The molecule has 0 unspecified atom stereocenters. The van der Waals surface area contributed by atoms with Gasteiger partial charge in [-0.2, -0.15) is 5.26 Å². The predicted molar refractivity (Wildman–Crippen MR) is 24.2 cm³/mol. The van der Waals surface area contributed by atoms with Gasteiger partial charge in [-0.15, -0.1) is 5.10 Å². The minimum Gasteiger partial charge on any atom is -0.472 e. The van der Waals surface area contributed by atoms with E-state index in [1.165, 1.54) is 7.11 Å². The van der Waals surface area contributed by atoms with Crippen LogP contribution in [0.4, 0.5) is 0 Å². The number of hydrazone groups is 1. The average molecular weight is 99.1 g/mol. The first-order valence-electron chi connectivity index (χ1n) is 1.57. The van der Waals surface area contributed by atoms with Crippen molar-refractivity contribution in [1.82, 2.24) is 0 Å². The van der Waals surface area contributed by atoms with Crippen LogP contribution in [0, 0.1) is 11.3 Å². The minimum atomic E-state index is -0.111. The molecular weight excluding hydrogens is 94.1 g/mol. The van der Waals surface area contributed by atoms with Gasteiger partial charge in [0.15, 0.2) is 6.07 Å². The highest BCUT2D eigenvalue weighted by atomic mass is 16.5. The van der Waals surface area contributed by atoms with Crippen molar-refractivity contribution >= 4 is 5.90 Å². The quantitative estimate of drug-likeness (QED) is 0.191. The Hall–Kier alpha value is -1.24. The molecule has 0 heterocycles. The van der Waals surface area contributed by atoms with Crippen LogP contribution in [0.15, 0.2) is 5.10 Å². The van der Waals surface area contributed by atoms with Crippen LogP contribution < -0.4 is 5.84 Å². The van der Waals surface area contributed by atoms with Gasteiger partial charge in [-0.1, -0.05) is 0 Å². The number of hydrogen-bond acceptors (Lipinski definition) is 4. The maximum atomic E-state index is 7.94. The molecule has 0 amide bonds. The summed E-state index contributed by atoms with van der Waals surface area (Å²) in [5.74, 6) is 4.52. The zero-order valence-corrected chi connectivity index (χ0v) is 3.88. The first-order valence-corrected chi connectivity index (χ1v) is 1.57. The van der Waals surface area contributed by atoms with E-state index in [1.54, 1.807) is 6.07 Å². The van der Waals surface area contributed by atoms with Crippen molar-refractivity contribution in [2.75, 3.05) is 7.11 Å². The molecule has 0 rings (SSSR count). The van der Waals surface area contributed by atoms with Crippen molar-refractivity contribution in [3.63, 3.8) is 0 Å². The molecular formula is C3H5N3O. The fourth-order valence-corrected chi connectivity index (χ4v) is 0.127. The first kappa shape index (κ1) is 5.76. The van der Waals surface area contributed by atoms with Gasteiger partial charge >= 0.3 is 5.90 Å². The van der Waals surface area contributed by atoms with Crippen LogP contribution in [-0.4, -0.2) is 13.0 Å². The number of ether oxygens (including phenoxy) is 1. The Kier molecular flexibility index (Phi) is 2.44. The van der Waals surface area contributed by atoms with Crippen LogP contribution in [0.5, 0.6) is 0 Å². The van der Waals surface area contributed by atoms with Gasteiger partial charge in [-0.05, 0) is 0 Å². The summed E-state index contributed by atoms with van der Waals surface area (Å²) in [4.78, 5) is 0. The number of nitrogens with two attached hydrogens (primary N) is 1. The molecule has 0 radical (unpaired) electrons. The molecule has 0 aliphatic carbocycles. The van der Waals surface area contributed by atoms with Crippen molar-refractivity contribution in [2.45, 2.75) is 0 Å². The molecule has 0 saturated carbocycles. The smallest absolute Gasteiger partial charge is 0.311 e. The van der Waals surface area contributed by atoms with E-state index in [1.807, 2.05) is 0 Å². The monoisotopic (exact) mass is 99.0 g/mol. The molecule has 0 atom stereocenters. The summed E-state index contributed by atoms with van der Waals surface area (Å²) >= 11 is 0. The van der Waals surface area contributed by atoms with Crippen LogP contribution in [-0.2, 0) is 4.74 Å². The second-order valence-electron chi connectivity index (χ2n) is 0.750. The van der Waals surface area contributed by atoms with Gasteiger partial charge in [0.05, 0.1) is 7.11 Å². The van der Waals surface area contributed by atoms with E-state index in [-0.39, 0.29) is 5.90 Å². The van der Waals surface area contributed by atoms with Gasteiger partial charge in [0.1, 0.15) is 0 Å². The number of hydrogen-bond donors (Lipinski definition) is 1. The largest absolute Gasteiger partial charge is 0.472 e. The summed E-state index contributed by atoms with van der Waals surface area (Å²) < 4.78 is 4.31. The Bertz CT molecular complexity index is 112. The van der Waals surface area contributed by atoms with E-state index in [2.05, 4.69) is 15.7 Å². The summed E-state index contributed by atoms with van der Waals surface area (Å²) in [6.45, 7) is 0. The summed E-state index contributed by atoms with van der Waals surface area (Å²) in [6, 6.07) is 1.60. The normalized spacial score (nSPS) is 10.0. The molecule has 2 N–H and O–H groups in total. The SMILES string of the molecule is COC(C#N)=NN. The highest BCUT2D eigenvalue weighted by molar-refractivity contribution is 5.90. The van der Waals surface area contributed by atoms with Crippen molar-refractivity contribution < 1.29 is 4.74 Å². The summed E-state index contributed by atoms with van der Waals surface area (Å²) in [5.41, 5.74) is 0. The first-order chi connectivity index (χ1) is 3.35. The van der Waals surface area contributed by atoms with Crippen LogP contribution in [0.3, 0.4) is 0 Å². The fraction of sp³-hybridized carbons (Fsp3) is 0.333. The van der Waals surface area contributed by atoms with Crippen molar-refractivity contribution in [2.24, 2.45) is 10.9 Å². The van der Waals surface area contributed by atoms with Crippen molar-refractivity contribution in [1.29, 1.82) is 5.26 Å². The summed E-state index contributed by atoms with van der Waals surface area (Å²) in [5, 5.41) is 10.9. The van der Waals surface area contributed by atoms with Crippen molar-refractivity contribution in [3.8, 4) is 6.07 Å². The Balaban J connectivity index is 3.68. The van der Waals surface area contributed by atoms with E-state index in [0.29, 0.717) is 0 Å². The van der Waals surface area contributed by atoms with E-state index in [4.69, 9.17) is 5.26 Å². The van der Waals surface area contributed by atoms with E-state index in [9.17, 15) is 0 Å². The highest BCUT2D eigenvalue weighted by Gasteiger charge is 1.86. The minimum absolute atomic E-state index is 0.111. The maximum Gasteiger partial charge on any atom is 0.311 e.